The van der Waals surface area contributed by atoms with E-state index in [0.717, 1.165) is 0 Å². The molecule has 2 aromatic rings. The minimum absolute atomic E-state index is 0.510. The van der Waals surface area contributed by atoms with Gasteiger partial charge in [-0.2, -0.15) is 5.10 Å². The van der Waals surface area contributed by atoms with Crippen LogP contribution in [-0.4, -0.2) is 20.6 Å². The van der Waals surface area contributed by atoms with Gasteiger partial charge in [0, 0.05) is 17.7 Å². The molecule has 0 aliphatic rings. The average Bonchev–Trinajstić information content (AvgIpc) is 2.68. The van der Waals surface area contributed by atoms with Gasteiger partial charge < -0.3 is 5.11 Å². The number of benzene rings is 1. The predicted octanol–water partition coefficient (Wildman–Crippen LogP) is 3.21. The number of aliphatic hydroxyl groups is 1. The highest BCUT2D eigenvalue weighted by atomic mass is 35.5. The van der Waals surface area contributed by atoms with Crippen molar-refractivity contribution in [3.05, 3.63) is 46.7 Å². The number of thioether (sulfide) groups is 1. The van der Waals surface area contributed by atoms with E-state index in [0.29, 0.717) is 16.5 Å². The van der Waals surface area contributed by atoms with E-state index in [2.05, 4.69) is 24.2 Å². The van der Waals surface area contributed by atoms with Gasteiger partial charge >= 0.3 is 0 Å². The molecule has 0 fully saturated rings. The Bertz CT molecular complexity index is 522. The normalized spacial score (nSPS) is 12.7. The Balaban J connectivity index is 2.05. The fourth-order valence-electron chi connectivity index (χ4n) is 1.76. The van der Waals surface area contributed by atoms with Crippen LogP contribution in [0.1, 0.15) is 17.4 Å². The molecule has 1 aromatic heterocycles. The number of hydrogen-bond acceptors (Lipinski definition) is 3. The van der Waals surface area contributed by atoms with Crippen LogP contribution in [-0.2, 0) is 7.05 Å². The van der Waals surface area contributed by atoms with Gasteiger partial charge in [0.15, 0.2) is 0 Å². The Morgan fingerprint density at radius 1 is 1.44 bits per heavy atom. The van der Waals surface area contributed by atoms with Crippen molar-refractivity contribution in [2.45, 2.75) is 17.9 Å². The van der Waals surface area contributed by atoms with Crippen LogP contribution in [0.25, 0.3) is 0 Å². The summed E-state index contributed by atoms with van der Waals surface area (Å²) < 4.78 is 1.62. The first-order valence-corrected chi connectivity index (χ1v) is 7.00. The monoisotopic (exact) mass is 282 g/mol. The highest BCUT2D eigenvalue weighted by molar-refractivity contribution is 7.99. The molecule has 0 amide bonds. The molecule has 0 aliphatic carbocycles. The molecule has 1 aromatic carbocycles. The summed E-state index contributed by atoms with van der Waals surface area (Å²) in [5, 5.41) is 14.7. The summed E-state index contributed by atoms with van der Waals surface area (Å²) in [6.45, 7) is 2.06. The second-order valence-corrected chi connectivity index (χ2v) is 5.56. The van der Waals surface area contributed by atoms with Crippen molar-refractivity contribution in [3.8, 4) is 0 Å². The Morgan fingerprint density at radius 2 is 2.17 bits per heavy atom. The van der Waals surface area contributed by atoms with Crippen LogP contribution >= 0.6 is 23.4 Å². The van der Waals surface area contributed by atoms with Crippen LogP contribution in [0.5, 0.6) is 0 Å². The van der Waals surface area contributed by atoms with Gasteiger partial charge in [-0.25, -0.2) is 0 Å². The summed E-state index contributed by atoms with van der Waals surface area (Å²) in [4.78, 5) is 1.18. The molecule has 0 spiro atoms. The Morgan fingerprint density at radius 3 is 2.78 bits per heavy atom. The van der Waals surface area contributed by atoms with E-state index in [1.807, 2.05) is 12.1 Å². The number of halogens is 1. The molecule has 0 saturated heterocycles. The lowest BCUT2D eigenvalue weighted by Crippen LogP contribution is -2.08. The largest absolute Gasteiger partial charge is 0.386 e. The van der Waals surface area contributed by atoms with E-state index in [9.17, 15) is 5.11 Å². The van der Waals surface area contributed by atoms with Crippen LogP contribution in [0, 0.1) is 6.92 Å². The first-order valence-electron chi connectivity index (χ1n) is 5.63. The summed E-state index contributed by atoms with van der Waals surface area (Å²) in [5.74, 6) is 0.560. The molecule has 96 valence electrons. The Labute approximate surface area is 116 Å². The molecular formula is C13H15ClN2OS. The third kappa shape index (κ3) is 2.88. The second-order valence-electron chi connectivity index (χ2n) is 4.09. The standard InChI is InChI=1S/C13H15ClN2OS/c1-9-5-3-4-6-12(9)18-8-11(17)13-10(14)7-15-16(13)2/h3-7,11,17H,8H2,1-2H3. The van der Waals surface area contributed by atoms with E-state index < -0.39 is 6.10 Å². The molecule has 5 heteroatoms. The van der Waals surface area contributed by atoms with Gasteiger partial charge in [0.25, 0.3) is 0 Å². The third-order valence-electron chi connectivity index (χ3n) is 2.74. The molecule has 0 saturated carbocycles. The number of rotatable bonds is 4. The molecule has 18 heavy (non-hydrogen) atoms. The molecular weight excluding hydrogens is 268 g/mol. The van der Waals surface area contributed by atoms with Crippen molar-refractivity contribution in [2.75, 3.05) is 5.75 Å². The zero-order valence-electron chi connectivity index (χ0n) is 10.3. The van der Waals surface area contributed by atoms with E-state index in [1.165, 1.54) is 10.5 Å². The molecule has 0 radical (unpaired) electrons. The maximum absolute atomic E-state index is 10.2. The van der Waals surface area contributed by atoms with Crippen molar-refractivity contribution >= 4 is 23.4 Å². The minimum Gasteiger partial charge on any atom is -0.386 e. The van der Waals surface area contributed by atoms with Gasteiger partial charge in [0.05, 0.1) is 16.9 Å². The third-order valence-corrected chi connectivity index (χ3v) is 4.29. The summed E-state index contributed by atoms with van der Waals surface area (Å²) in [6.07, 6.45) is 0.938. The van der Waals surface area contributed by atoms with Crippen molar-refractivity contribution in [1.82, 2.24) is 9.78 Å². The smallest absolute Gasteiger partial charge is 0.106 e. The van der Waals surface area contributed by atoms with Crippen LogP contribution in [0.4, 0.5) is 0 Å². The van der Waals surface area contributed by atoms with E-state index >= 15 is 0 Å². The van der Waals surface area contributed by atoms with Crippen LogP contribution in [0.2, 0.25) is 5.02 Å². The molecule has 1 unspecified atom stereocenters. The highest BCUT2D eigenvalue weighted by Crippen LogP contribution is 2.29. The maximum atomic E-state index is 10.2. The molecule has 3 nitrogen and oxygen atoms in total. The quantitative estimate of drug-likeness (QED) is 0.875. The van der Waals surface area contributed by atoms with Crippen molar-refractivity contribution in [2.24, 2.45) is 7.05 Å². The first-order chi connectivity index (χ1) is 8.59. The number of hydrogen-bond donors (Lipinski definition) is 1. The van der Waals surface area contributed by atoms with Crippen LogP contribution in [0.3, 0.4) is 0 Å². The zero-order valence-corrected chi connectivity index (χ0v) is 11.9. The number of aliphatic hydroxyl groups excluding tert-OH is 1. The van der Waals surface area contributed by atoms with Gasteiger partial charge in [-0.05, 0) is 18.6 Å². The molecule has 2 rings (SSSR count). The van der Waals surface area contributed by atoms with Crippen molar-refractivity contribution < 1.29 is 5.11 Å². The lowest BCUT2D eigenvalue weighted by atomic mass is 10.2. The van der Waals surface area contributed by atoms with E-state index in [4.69, 9.17) is 11.6 Å². The van der Waals surface area contributed by atoms with E-state index in [1.54, 1.807) is 29.7 Å². The molecule has 1 N–H and O–H groups in total. The second kappa shape index (κ2) is 5.78. The Kier molecular flexibility index (Phi) is 4.32. The Hall–Kier alpha value is -0.970. The number of aryl methyl sites for hydroxylation is 2. The summed E-state index contributed by atoms with van der Waals surface area (Å²) in [5.41, 5.74) is 1.88. The minimum atomic E-state index is -0.616. The lowest BCUT2D eigenvalue weighted by molar-refractivity contribution is 0.194. The van der Waals surface area contributed by atoms with Gasteiger partial charge in [-0.15, -0.1) is 11.8 Å². The molecule has 1 atom stereocenters. The molecule has 0 aliphatic heterocycles. The van der Waals surface area contributed by atoms with Gasteiger partial charge in [-0.3, -0.25) is 4.68 Å². The topological polar surface area (TPSA) is 38.1 Å². The summed E-state index contributed by atoms with van der Waals surface area (Å²) in [7, 11) is 1.78. The fraction of sp³-hybridized carbons (Fsp3) is 0.308. The lowest BCUT2D eigenvalue weighted by Gasteiger charge is -2.12. The fourth-order valence-corrected chi connectivity index (χ4v) is 3.02. The summed E-state index contributed by atoms with van der Waals surface area (Å²) in [6, 6.07) is 8.12. The first kappa shape index (κ1) is 13.5. The van der Waals surface area contributed by atoms with Gasteiger partial charge in [0.1, 0.15) is 6.10 Å². The zero-order chi connectivity index (χ0) is 13.1. The number of aromatic nitrogens is 2. The van der Waals surface area contributed by atoms with Crippen LogP contribution in [0.15, 0.2) is 35.4 Å². The summed E-state index contributed by atoms with van der Waals surface area (Å²) >= 11 is 7.62. The average molecular weight is 283 g/mol. The number of nitrogens with zero attached hydrogens (tertiary/aromatic N) is 2. The van der Waals surface area contributed by atoms with Crippen molar-refractivity contribution in [3.63, 3.8) is 0 Å². The highest BCUT2D eigenvalue weighted by Gasteiger charge is 2.16. The van der Waals surface area contributed by atoms with E-state index in [-0.39, 0.29) is 0 Å². The molecule has 0 bridgehead atoms. The van der Waals surface area contributed by atoms with Crippen LogP contribution < -0.4 is 0 Å². The van der Waals surface area contributed by atoms with Gasteiger partial charge in [0.2, 0.25) is 0 Å². The predicted molar refractivity (Wildman–Crippen MR) is 75.1 cm³/mol. The SMILES string of the molecule is Cc1ccccc1SCC(O)c1c(Cl)cnn1C. The van der Waals surface area contributed by atoms with Crippen molar-refractivity contribution in [1.29, 1.82) is 0 Å². The maximum Gasteiger partial charge on any atom is 0.106 e. The molecule has 1 heterocycles. The van der Waals surface area contributed by atoms with Gasteiger partial charge in [-0.1, -0.05) is 29.8 Å².